The molecular weight excluding hydrogens is 198 g/mol. The molecule has 82 valence electrons. The molecule has 0 bridgehead atoms. The molecule has 3 nitrogen and oxygen atoms in total. The predicted octanol–water partition coefficient (Wildman–Crippen LogP) is 2.15. The van der Waals surface area contributed by atoms with Crippen molar-refractivity contribution in [3.05, 3.63) is 59.9 Å². The Bertz CT molecular complexity index is 440. The molecule has 0 radical (unpaired) electrons. The molecule has 1 heterocycles. The third-order valence-corrected chi connectivity index (χ3v) is 2.41. The second kappa shape index (κ2) is 5.28. The highest BCUT2D eigenvalue weighted by atomic mass is 14.9. The standard InChI is InChI=1S/C13H15N3/c14-9-12-2-1-3-13(8-12)16-10-11-4-6-15-7-5-11/h1-8,16H,9-10,14H2. The minimum absolute atomic E-state index is 0.574. The van der Waals surface area contributed by atoms with Gasteiger partial charge in [-0.05, 0) is 35.4 Å². The Morgan fingerprint density at radius 1 is 1.06 bits per heavy atom. The minimum Gasteiger partial charge on any atom is -0.381 e. The molecule has 0 saturated carbocycles. The first-order valence-electron chi connectivity index (χ1n) is 5.30. The first-order valence-corrected chi connectivity index (χ1v) is 5.30. The van der Waals surface area contributed by atoms with E-state index in [0.29, 0.717) is 6.54 Å². The predicted molar refractivity (Wildman–Crippen MR) is 65.9 cm³/mol. The minimum atomic E-state index is 0.574. The van der Waals surface area contributed by atoms with Gasteiger partial charge in [-0.2, -0.15) is 0 Å². The lowest BCUT2D eigenvalue weighted by molar-refractivity contribution is 1.06. The molecule has 0 fully saturated rings. The Labute approximate surface area is 95.3 Å². The Morgan fingerprint density at radius 3 is 2.62 bits per heavy atom. The van der Waals surface area contributed by atoms with Gasteiger partial charge in [-0.15, -0.1) is 0 Å². The third-order valence-electron chi connectivity index (χ3n) is 2.41. The molecule has 0 spiro atoms. The largest absolute Gasteiger partial charge is 0.381 e. The molecule has 1 aromatic heterocycles. The summed E-state index contributed by atoms with van der Waals surface area (Å²) in [7, 11) is 0. The van der Waals surface area contributed by atoms with Crippen LogP contribution >= 0.6 is 0 Å². The molecule has 3 heteroatoms. The topological polar surface area (TPSA) is 50.9 Å². The SMILES string of the molecule is NCc1cccc(NCc2ccncc2)c1. The van der Waals surface area contributed by atoms with E-state index >= 15 is 0 Å². The van der Waals surface area contributed by atoms with Gasteiger partial charge in [0.2, 0.25) is 0 Å². The zero-order valence-electron chi connectivity index (χ0n) is 9.06. The van der Waals surface area contributed by atoms with Crippen LogP contribution in [-0.2, 0) is 13.1 Å². The summed E-state index contributed by atoms with van der Waals surface area (Å²) in [6, 6.07) is 12.1. The smallest absolute Gasteiger partial charge is 0.0401 e. The van der Waals surface area contributed by atoms with Gasteiger partial charge in [0.05, 0.1) is 0 Å². The maximum absolute atomic E-state index is 5.59. The van der Waals surface area contributed by atoms with Crippen LogP contribution in [0, 0.1) is 0 Å². The molecule has 2 rings (SSSR count). The zero-order chi connectivity index (χ0) is 11.2. The van der Waals surface area contributed by atoms with Crippen LogP contribution in [0.1, 0.15) is 11.1 Å². The average Bonchev–Trinajstić information content (AvgIpc) is 2.38. The summed E-state index contributed by atoms with van der Waals surface area (Å²) < 4.78 is 0. The van der Waals surface area contributed by atoms with Crippen LogP contribution in [0.15, 0.2) is 48.8 Å². The van der Waals surface area contributed by atoms with Gasteiger partial charge in [-0.1, -0.05) is 12.1 Å². The molecule has 0 aliphatic carbocycles. The van der Waals surface area contributed by atoms with E-state index in [1.54, 1.807) is 12.4 Å². The van der Waals surface area contributed by atoms with Crippen molar-refractivity contribution in [3.63, 3.8) is 0 Å². The van der Waals surface area contributed by atoms with Crippen molar-refractivity contribution in [1.82, 2.24) is 4.98 Å². The molecule has 0 amide bonds. The lowest BCUT2D eigenvalue weighted by Crippen LogP contribution is -2.01. The summed E-state index contributed by atoms with van der Waals surface area (Å²) in [6.07, 6.45) is 3.60. The fourth-order valence-corrected chi connectivity index (χ4v) is 1.51. The van der Waals surface area contributed by atoms with Gasteiger partial charge < -0.3 is 11.1 Å². The summed E-state index contributed by atoms with van der Waals surface area (Å²) in [5, 5.41) is 3.35. The van der Waals surface area contributed by atoms with Gasteiger partial charge in [-0.25, -0.2) is 0 Å². The molecule has 0 aliphatic heterocycles. The van der Waals surface area contributed by atoms with Gasteiger partial charge in [0.1, 0.15) is 0 Å². The molecule has 3 N–H and O–H groups in total. The van der Waals surface area contributed by atoms with E-state index in [2.05, 4.69) is 16.4 Å². The van der Waals surface area contributed by atoms with E-state index in [1.165, 1.54) is 5.56 Å². The van der Waals surface area contributed by atoms with Crippen molar-refractivity contribution in [2.75, 3.05) is 5.32 Å². The first-order chi connectivity index (χ1) is 7.88. The van der Waals surface area contributed by atoms with Crippen molar-refractivity contribution in [3.8, 4) is 0 Å². The number of anilines is 1. The van der Waals surface area contributed by atoms with Crippen LogP contribution in [0.4, 0.5) is 5.69 Å². The van der Waals surface area contributed by atoms with Crippen molar-refractivity contribution < 1.29 is 0 Å². The number of benzene rings is 1. The maximum Gasteiger partial charge on any atom is 0.0401 e. The fraction of sp³-hybridized carbons (Fsp3) is 0.154. The lowest BCUT2D eigenvalue weighted by atomic mass is 10.2. The Kier molecular flexibility index (Phi) is 3.51. The van der Waals surface area contributed by atoms with E-state index in [-0.39, 0.29) is 0 Å². The number of aromatic nitrogens is 1. The number of hydrogen-bond acceptors (Lipinski definition) is 3. The molecule has 0 aliphatic rings. The molecule has 1 aromatic carbocycles. The second-order valence-corrected chi connectivity index (χ2v) is 3.61. The van der Waals surface area contributed by atoms with Crippen molar-refractivity contribution >= 4 is 5.69 Å². The van der Waals surface area contributed by atoms with E-state index in [9.17, 15) is 0 Å². The van der Waals surface area contributed by atoms with Crippen LogP contribution in [-0.4, -0.2) is 4.98 Å². The number of rotatable bonds is 4. The van der Waals surface area contributed by atoms with E-state index in [4.69, 9.17) is 5.73 Å². The quantitative estimate of drug-likeness (QED) is 0.818. The Balaban J connectivity index is 1.99. The molecule has 0 unspecified atom stereocenters. The summed E-state index contributed by atoms with van der Waals surface area (Å²) in [5.74, 6) is 0. The Hall–Kier alpha value is -1.87. The molecular formula is C13H15N3. The number of nitrogens with two attached hydrogens (primary N) is 1. The van der Waals surface area contributed by atoms with Crippen LogP contribution in [0.5, 0.6) is 0 Å². The van der Waals surface area contributed by atoms with Gasteiger partial charge in [0, 0.05) is 31.2 Å². The van der Waals surface area contributed by atoms with Crippen molar-refractivity contribution in [1.29, 1.82) is 0 Å². The maximum atomic E-state index is 5.59. The monoisotopic (exact) mass is 213 g/mol. The highest BCUT2D eigenvalue weighted by Gasteiger charge is 1.95. The average molecular weight is 213 g/mol. The fourth-order valence-electron chi connectivity index (χ4n) is 1.51. The van der Waals surface area contributed by atoms with Crippen molar-refractivity contribution in [2.24, 2.45) is 5.73 Å². The van der Waals surface area contributed by atoms with Crippen molar-refractivity contribution in [2.45, 2.75) is 13.1 Å². The van der Waals surface area contributed by atoms with Gasteiger partial charge >= 0.3 is 0 Å². The first kappa shape index (κ1) is 10.6. The Morgan fingerprint density at radius 2 is 1.88 bits per heavy atom. The van der Waals surface area contributed by atoms with E-state index in [0.717, 1.165) is 17.8 Å². The molecule has 2 aromatic rings. The van der Waals surface area contributed by atoms with Crippen LogP contribution < -0.4 is 11.1 Å². The molecule has 16 heavy (non-hydrogen) atoms. The van der Waals surface area contributed by atoms with Crippen LogP contribution in [0.25, 0.3) is 0 Å². The number of pyridine rings is 1. The highest BCUT2D eigenvalue weighted by Crippen LogP contribution is 2.11. The molecule has 0 atom stereocenters. The molecule has 0 saturated heterocycles. The number of hydrogen-bond donors (Lipinski definition) is 2. The summed E-state index contributed by atoms with van der Waals surface area (Å²) in [4.78, 5) is 3.98. The van der Waals surface area contributed by atoms with Crippen LogP contribution in [0.2, 0.25) is 0 Å². The number of nitrogens with one attached hydrogen (secondary N) is 1. The van der Waals surface area contributed by atoms with Gasteiger partial charge in [-0.3, -0.25) is 4.98 Å². The zero-order valence-corrected chi connectivity index (χ0v) is 9.06. The number of nitrogens with zero attached hydrogens (tertiary/aromatic N) is 1. The third kappa shape index (κ3) is 2.81. The summed E-state index contributed by atoms with van der Waals surface area (Å²) in [5.41, 5.74) is 9.04. The highest BCUT2D eigenvalue weighted by molar-refractivity contribution is 5.46. The lowest BCUT2D eigenvalue weighted by Gasteiger charge is -2.07. The summed E-state index contributed by atoms with van der Waals surface area (Å²) >= 11 is 0. The van der Waals surface area contributed by atoms with Gasteiger partial charge in [0.25, 0.3) is 0 Å². The van der Waals surface area contributed by atoms with Gasteiger partial charge in [0.15, 0.2) is 0 Å². The second-order valence-electron chi connectivity index (χ2n) is 3.61. The van der Waals surface area contributed by atoms with Crippen LogP contribution in [0.3, 0.4) is 0 Å². The van der Waals surface area contributed by atoms with E-state index in [1.807, 2.05) is 30.3 Å². The van der Waals surface area contributed by atoms with E-state index < -0.39 is 0 Å². The summed E-state index contributed by atoms with van der Waals surface area (Å²) in [6.45, 7) is 1.38. The normalized spacial score (nSPS) is 10.1.